The van der Waals surface area contributed by atoms with Crippen LogP contribution in [0.15, 0.2) is 30.3 Å². The molecule has 6 nitrogen and oxygen atoms in total. The van der Waals surface area contributed by atoms with E-state index in [4.69, 9.17) is 14.7 Å². The minimum absolute atomic E-state index is 0.761. The third-order valence-corrected chi connectivity index (χ3v) is 7.16. The average Bonchev–Trinajstić information content (AvgIpc) is 3.20. The summed E-state index contributed by atoms with van der Waals surface area (Å²) in [5.74, 6) is 1.89. The molecule has 158 valence electrons. The van der Waals surface area contributed by atoms with E-state index in [2.05, 4.69) is 52.1 Å². The molecule has 0 spiro atoms. The van der Waals surface area contributed by atoms with Crippen LogP contribution in [0.3, 0.4) is 0 Å². The predicted octanol–water partition coefficient (Wildman–Crippen LogP) is 3.25. The summed E-state index contributed by atoms with van der Waals surface area (Å²) in [6, 6.07) is 11.2. The third-order valence-electron chi connectivity index (χ3n) is 5.99. The van der Waals surface area contributed by atoms with Crippen molar-refractivity contribution >= 4 is 27.4 Å². The van der Waals surface area contributed by atoms with Crippen LogP contribution in [-0.4, -0.2) is 79.3 Å². The molecule has 2 aliphatic rings. The minimum atomic E-state index is 0.761. The number of fused-ring (bicyclic) bond motifs is 1. The average molecular weight is 424 g/mol. The van der Waals surface area contributed by atoms with Gasteiger partial charge >= 0.3 is 0 Å². The Kier molecular flexibility index (Phi) is 5.69. The third kappa shape index (κ3) is 4.21. The number of morpholine rings is 1. The number of piperazine rings is 1. The molecule has 0 aliphatic carbocycles. The zero-order chi connectivity index (χ0) is 20.5. The number of hydrogen-bond donors (Lipinski definition) is 0. The van der Waals surface area contributed by atoms with Crippen LogP contribution < -0.4 is 4.90 Å². The number of anilines is 1. The van der Waals surface area contributed by atoms with Crippen LogP contribution >= 0.6 is 11.3 Å². The Morgan fingerprint density at radius 2 is 1.80 bits per heavy atom. The highest BCUT2D eigenvalue weighted by Crippen LogP contribution is 2.37. The van der Waals surface area contributed by atoms with E-state index in [-0.39, 0.29) is 0 Å². The van der Waals surface area contributed by atoms with Gasteiger partial charge < -0.3 is 14.5 Å². The second kappa shape index (κ2) is 8.59. The zero-order valence-corrected chi connectivity index (χ0v) is 18.6. The second-order valence-corrected chi connectivity index (χ2v) is 9.35. The Hall–Kier alpha value is -2.06. The lowest BCUT2D eigenvalue weighted by atomic mass is 10.1. The van der Waals surface area contributed by atoms with Crippen molar-refractivity contribution in [1.29, 1.82) is 0 Å². The van der Waals surface area contributed by atoms with Crippen LogP contribution in [0.2, 0.25) is 0 Å². The Bertz CT molecular complexity index is 1020. The molecule has 0 unspecified atom stereocenters. The number of nitrogens with zero attached hydrogens (tertiary/aromatic N) is 5. The fraction of sp³-hybridized carbons (Fsp3) is 0.478. The number of rotatable bonds is 4. The number of aromatic nitrogens is 2. The van der Waals surface area contributed by atoms with Crippen molar-refractivity contribution in [2.45, 2.75) is 13.5 Å². The predicted molar refractivity (Wildman–Crippen MR) is 123 cm³/mol. The van der Waals surface area contributed by atoms with E-state index in [1.54, 1.807) is 11.3 Å². The standard InChI is InChI=1S/C23H29N5OS/c1-17-24-20-15-21(30-22(20)23(25-17)28-10-12-29-13-11-28)19-5-3-4-18(14-19)16-27-8-6-26(2)7-9-27/h3-5,14-15H,6-13,16H2,1-2H3. The zero-order valence-electron chi connectivity index (χ0n) is 17.8. The van der Waals surface area contributed by atoms with Gasteiger partial charge in [0.2, 0.25) is 0 Å². The summed E-state index contributed by atoms with van der Waals surface area (Å²) in [4.78, 5) is 18.1. The first-order chi connectivity index (χ1) is 14.7. The molecule has 2 saturated heterocycles. The highest BCUT2D eigenvalue weighted by molar-refractivity contribution is 7.22. The van der Waals surface area contributed by atoms with Gasteiger partial charge in [0.25, 0.3) is 0 Å². The molecule has 5 rings (SSSR count). The van der Waals surface area contributed by atoms with Crippen molar-refractivity contribution in [1.82, 2.24) is 19.8 Å². The number of hydrogen-bond acceptors (Lipinski definition) is 7. The molecule has 0 radical (unpaired) electrons. The largest absolute Gasteiger partial charge is 0.378 e. The van der Waals surface area contributed by atoms with Crippen LogP contribution in [0.5, 0.6) is 0 Å². The molecule has 1 aromatic carbocycles. The van der Waals surface area contributed by atoms with Crippen LogP contribution in [0.25, 0.3) is 20.7 Å². The summed E-state index contributed by atoms with van der Waals surface area (Å²) in [5.41, 5.74) is 3.70. The maximum absolute atomic E-state index is 5.53. The van der Waals surface area contributed by atoms with E-state index in [9.17, 15) is 0 Å². The van der Waals surface area contributed by atoms with Crippen molar-refractivity contribution in [3.8, 4) is 10.4 Å². The quantitative estimate of drug-likeness (QED) is 0.642. The Balaban J connectivity index is 1.43. The van der Waals surface area contributed by atoms with Gasteiger partial charge in [-0.1, -0.05) is 18.2 Å². The van der Waals surface area contributed by atoms with E-state index in [1.165, 1.54) is 20.7 Å². The summed E-state index contributed by atoms with van der Waals surface area (Å²) in [7, 11) is 2.20. The normalized spacial score (nSPS) is 18.9. The van der Waals surface area contributed by atoms with Gasteiger partial charge in [-0.2, -0.15) is 0 Å². The lowest BCUT2D eigenvalue weighted by Gasteiger charge is -2.32. The fourth-order valence-corrected chi connectivity index (χ4v) is 5.36. The number of likely N-dealkylation sites (N-methyl/N-ethyl adjacent to an activating group) is 1. The van der Waals surface area contributed by atoms with Crippen molar-refractivity contribution < 1.29 is 4.74 Å². The molecule has 0 bridgehead atoms. The Morgan fingerprint density at radius 3 is 2.60 bits per heavy atom. The van der Waals surface area contributed by atoms with E-state index >= 15 is 0 Å². The molecule has 7 heteroatoms. The van der Waals surface area contributed by atoms with E-state index in [0.717, 1.165) is 76.2 Å². The van der Waals surface area contributed by atoms with Gasteiger partial charge in [-0.3, -0.25) is 4.90 Å². The molecule has 4 heterocycles. The summed E-state index contributed by atoms with van der Waals surface area (Å²) in [5, 5.41) is 0. The van der Waals surface area contributed by atoms with E-state index in [0.29, 0.717) is 0 Å². The first-order valence-corrected chi connectivity index (χ1v) is 11.6. The molecule has 30 heavy (non-hydrogen) atoms. The fourth-order valence-electron chi connectivity index (χ4n) is 4.25. The smallest absolute Gasteiger partial charge is 0.150 e. The van der Waals surface area contributed by atoms with Gasteiger partial charge in [-0.25, -0.2) is 9.97 Å². The van der Waals surface area contributed by atoms with Crippen molar-refractivity contribution in [3.05, 3.63) is 41.7 Å². The first-order valence-electron chi connectivity index (χ1n) is 10.8. The molecule has 0 amide bonds. The number of aryl methyl sites for hydroxylation is 1. The molecular weight excluding hydrogens is 394 g/mol. The minimum Gasteiger partial charge on any atom is -0.378 e. The number of ether oxygens (including phenoxy) is 1. The monoisotopic (exact) mass is 423 g/mol. The lowest BCUT2D eigenvalue weighted by Crippen LogP contribution is -2.43. The number of thiophene rings is 1. The highest BCUT2D eigenvalue weighted by atomic mass is 32.1. The van der Waals surface area contributed by atoms with Gasteiger partial charge in [0, 0.05) is 50.7 Å². The van der Waals surface area contributed by atoms with Crippen LogP contribution in [0.1, 0.15) is 11.4 Å². The molecule has 3 aromatic rings. The van der Waals surface area contributed by atoms with Gasteiger partial charge in [-0.15, -0.1) is 11.3 Å². The van der Waals surface area contributed by atoms with Crippen molar-refractivity contribution in [3.63, 3.8) is 0 Å². The lowest BCUT2D eigenvalue weighted by molar-refractivity contribution is 0.122. The maximum Gasteiger partial charge on any atom is 0.150 e. The molecule has 2 aromatic heterocycles. The van der Waals surface area contributed by atoms with E-state index < -0.39 is 0 Å². The van der Waals surface area contributed by atoms with Crippen LogP contribution in [-0.2, 0) is 11.3 Å². The van der Waals surface area contributed by atoms with Crippen molar-refractivity contribution in [2.75, 3.05) is 64.4 Å². The molecule has 0 N–H and O–H groups in total. The summed E-state index contributed by atoms with van der Waals surface area (Å²) < 4.78 is 6.71. The summed E-state index contributed by atoms with van der Waals surface area (Å²) in [6.07, 6.45) is 0. The SMILES string of the molecule is Cc1nc(N2CCOCC2)c2sc(-c3cccc(CN4CCN(C)CC4)c3)cc2n1. The van der Waals surface area contributed by atoms with Gasteiger partial charge in [0.05, 0.1) is 23.4 Å². The Morgan fingerprint density at radius 1 is 1.00 bits per heavy atom. The van der Waals surface area contributed by atoms with Gasteiger partial charge in [0.15, 0.2) is 5.82 Å². The topological polar surface area (TPSA) is 44.7 Å². The summed E-state index contributed by atoms with van der Waals surface area (Å²) in [6.45, 7) is 10.9. The maximum atomic E-state index is 5.53. The molecule has 2 fully saturated rings. The Labute approximate surface area is 182 Å². The number of benzene rings is 1. The second-order valence-electron chi connectivity index (χ2n) is 8.30. The first kappa shape index (κ1) is 19.9. The van der Waals surface area contributed by atoms with Crippen LogP contribution in [0.4, 0.5) is 5.82 Å². The molecule has 0 atom stereocenters. The summed E-state index contributed by atoms with van der Waals surface area (Å²) >= 11 is 1.81. The molecule has 2 aliphatic heterocycles. The molecular formula is C23H29N5OS. The van der Waals surface area contributed by atoms with Crippen molar-refractivity contribution in [2.24, 2.45) is 0 Å². The van der Waals surface area contributed by atoms with Gasteiger partial charge in [-0.05, 0) is 37.2 Å². The van der Waals surface area contributed by atoms with Gasteiger partial charge in [0.1, 0.15) is 5.82 Å². The molecule has 0 saturated carbocycles. The van der Waals surface area contributed by atoms with Crippen LogP contribution in [0, 0.1) is 6.92 Å². The highest BCUT2D eigenvalue weighted by Gasteiger charge is 2.19. The van der Waals surface area contributed by atoms with E-state index in [1.807, 2.05) is 6.92 Å².